The number of nitrogens with zero attached hydrogens (tertiary/aromatic N) is 1. The fourth-order valence-corrected chi connectivity index (χ4v) is 6.57. The molecule has 1 fully saturated rings. The van der Waals surface area contributed by atoms with Gasteiger partial charge in [0.25, 0.3) is 0 Å². The summed E-state index contributed by atoms with van der Waals surface area (Å²) in [4.78, 5) is 2.55. The first kappa shape index (κ1) is 32.1. The van der Waals surface area contributed by atoms with Crippen LogP contribution < -0.4 is 24.3 Å². The second kappa shape index (κ2) is 16.1. The van der Waals surface area contributed by atoms with Gasteiger partial charge in [0, 0.05) is 30.5 Å². The van der Waals surface area contributed by atoms with Gasteiger partial charge in [0.05, 0.1) is 6.61 Å². The Morgan fingerprint density at radius 1 is 0.891 bits per heavy atom. The number of likely N-dealkylation sites (tertiary alicyclic amines) is 1. The first-order chi connectivity index (χ1) is 22.6. The van der Waals surface area contributed by atoms with Crippen molar-refractivity contribution in [3.8, 4) is 23.0 Å². The molecular weight excluding hydrogens is 583 g/mol. The summed E-state index contributed by atoms with van der Waals surface area (Å²) in [7, 11) is 0. The number of nitrogens with one attached hydrogen (secondary N) is 1. The van der Waals surface area contributed by atoms with Gasteiger partial charge in [0.15, 0.2) is 11.5 Å². The molecule has 1 saturated heterocycles. The molecule has 8 heteroatoms. The van der Waals surface area contributed by atoms with Gasteiger partial charge in [-0.3, -0.25) is 0 Å². The van der Waals surface area contributed by atoms with Gasteiger partial charge in [0.2, 0.25) is 6.79 Å². The van der Waals surface area contributed by atoms with E-state index in [4.69, 9.17) is 18.9 Å². The zero-order chi connectivity index (χ0) is 31.6. The van der Waals surface area contributed by atoms with Crippen molar-refractivity contribution in [2.45, 2.75) is 44.1 Å². The Balaban J connectivity index is 0.885. The summed E-state index contributed by atoms with van der Waals surface area (Å²) >= 11 is 0. The Morgan fingerprint density at radius 3 is 2.63 bits per heavy atom. The van der Waals surface area contributed by atoms with Crippen molar-refractivity contribution in [3.63, 3.8) is 0 Å². The predicted octanol–water partition coefficient (Wildman–Crippen LogP) is 6.78. The molecule has 7 nitrogen and oxygen atoms in total. The predicted molar refractivity (Wildman–Crippen MR) is 179 cm³/mol. The Morgan fingerprint density at radius 2 is 1.72 bits per heavy atom. The lowest BCUT2D eigenvalue weighted by atomic mass is 9.80. The van der Waals surface area contributed by atoms with Crippen LogP contribution in [0.5, 0.6) is 23.0 Å². The molecule has 4 aromatic rings. The molecule has 2 aliphatic rings. The van der Waals surface area contributed by atoms with Crippen LogP contribution in [-0.4, -0.2) is 68.8 Å². The molecule has 0 spiro atoms. The van der Waals surface area contributed by atoms with Gasteiger partial charge < -0.3 is 34.3 Å². The molecule has 3 atom stereocenters. The third kappa shape index (κ3) is 8.69. The number of piperidine rings is 1. The Labute approximate surface area is 271 Å². The average Bonchev–Trinajstić information content (AvgIpc) is 3.56. The van der Waals surface area contributed by atoms with Crippen LogP contribution in [0.15, 0.2) is 84.9 Å². The highest BCUT2D eigenvalue weighted by molar-refractivity contribution is 5.88. The van der Waals surface area contributed by atoms with Gasteiger partial charge in [-0.2, -0.15) is 0 Å². The lowest BCUT2D eigenvalue weighted by Crippen LogP contribution is -2.42. The molecule has 2 heterocycles. The highest BCUT2D eigenvalue weighted by atomic mass is 19.1. The molecule has 0 aliphatic carbocycles. The van der Waals surface area contributed by atoms with Crippen LogP contribution in [-0.2, 0) is 0 Å². The summed E-state index contributed by atoms with van der Waals surface area (Å²) in [6.07, 6.45) is 5.02. The van der Waals surface area contributed by atoms with Gasteiger partial charge in [-0.05, 0) is 86.1 Å². The molecule has 4 aromatic carbocycles. The maximum atomic E-state index is 13.7. The van der Waals surface area contributed by atoms with Crippen LogP contribution in [0.4, 0.5) is 4.39 Å². The van der Waals surface area contributed by atoms with Crippen LogP contribution in [0.1, 0.15) is 43.6 Å². The Bertz CT molecular complexity index is 1530. The van der Waals surface area contributed by atoms with Crippen LogP contribution in [0, 0.1) is 11.7 Å². The Hall–Kier alpha value is -3.85. The molecule has 0 radical (unpaired) electrons. The monoisotopic (exact) mass is 628 g/mol. The van der Waals surface area contributed by atoms with Gasteiger partial charge in [-0.1, -0.05) is 61.4 Å². The highest BCUT2D eigenvalue weighted by Gasteiger charge is 2.31. The first-order valence-electron chi connectivity index (χ1n) is 16.6. The van der Waals surface area contributed by atoms with Gasteiger partial charge in [-0.15, -0.1) is 0 Å². The maximum Gasteiger partial charge on any atom is 0.231 e. The van der Waals surface area contributed by atoms with Crippen molar-refractivity contribution in [2.24, 2.45) is 5.92 Å². The largest absolute Gasteiger partial charge is 0.493 e. The second-order valence-corrected chi connectivity index (χ2v) is 12.4. The molecule has 0 aromatic heterocycles. The van der Waals surface area contributed by atoms with Crippen LogP contribution >= 0.6 is 0 Å². The number of hydrogen-bond donors (Lipinski definition) is 2. The Kier molecular flexibility index (Phi) is 11.3. The molecule has 1 unspecified atom stereocenters. The van der Waals surface area contributed by atoms with Gasteiger partial charge in [0.1, 0.15) is 30.0 Å². The van der Waals surface area contributed by atoms with Crippen LogP contribution in [0.2, 0.25) is 0 Å². The smallest absolute Gasteiger partial charge is 0.231 e. The SMILES string of the molecule is OC(CNCCCCCCN1CC[C@@H](c2ccc(F)cc2)[C@H](COc2ccc3c(c2)OCO3)C1)COc1cccc2ccccc12. The summed E-state index contributed by atoms with van der Waals surface area (Å²) in [6, 6.07) is 26.8. The minimum atomic E-state index is -0.557. The molecule has 0 bridgehead atoms. The fourth-order valence-electron chi connectivity index (χ4n) is 6.57. The third-order valence-electron chi connectivity index (χ3n) is 9.06. The summed E-state index contributed by atoms with van der Waals surface area (Å²) in [6.45, 7) is 5.54. The topological polar surface area (TPSA) is 72.4 Å². The van der Waals surface area contributed by atoms with E-state index in [2.05, 4.69) is 22.3 Å². The summed E-state index contributed by atoms with van der Waals surface area (Å²) in [5.41, 5.74) is 1.18. The number of benzene rings is 4. The lowest BCUT2D eigenvalue weighted by molar-refractivity contribution is 0.107. The van der Waals surface area contributed by atoms with Crippen molar-refractivity contribution in [1.82, 2.24) is 10.2 Å². The normalized spacial score (nSPS) is 18.5. The van der Waals surface area contributed by atoms with E-state index in [0.29, 0.717) is 25.0 Å². The van der Waals surface area contributed by atoms with E-state index in [1.807, 2.05) is 60.7 Å². The van der Waals surface area contributed by atoms with Crippen LogP contribution in [0.25, 0.3) is 10.8 Å². The number of halogens is 1. The zero-order valence-corrected chi connectivity index (χ0v) is 26.4. The average molecular weight is 629 g/mol. The number of hydrogen-bond acceptors (Lipinski definition) is 7. The van der Waals surface area contributed by atoms with E-state index in [1.165, 1.54) is 12.0 Å². The number of aliphatic hydroxyl groups is 1. The van der Waals surface area contributed by atoms with E-state index < -0.39 is 6.10 Å². The van der Waals surface area contributed by atoms with Crippen molar-refractivity contribution in [3.05, 3.63) is 96.3 Å². The van der Waals surface area contributed by atoms with Gasteiger partial charge in [-0.25, -0.2) is 4.39 Å². The number of aliphatic hydroxyl groups excluding tert-OH is 1. The molecule has 6 rings (SSSR count). The number of rotatable bonds is 16. The molecule has 46 heavy (non-hydrogen) atoms. The molecule has 244 valence electrons. The number of unbranched alkanes of at least 4 members (excludes halogenated alkanes) is 3. The summed E-state index contributed by atoms with van der Waals surface area (Å²) in [5, 5.41) is 16.0. The van der Waals surface area contributed by atoms with Gasteiger partial charge >= 0.3 is 0 Å². The zero-order valence-electron chi connectivity index (χ0n) is 26.4. The quantitative estimate of drug-likeness (QED) is 0.133. The highest BCUT2D eigenvalue weighted by Crippen LogP contribution is 2.37. The van der Waals surface area contributed by atoms with Crippen LogP contribution in [0.3, 0.4) is 0 Å². The standard InChI is InChI=1S/C38H45FN2O5/c39-31-14-12-29(13-15-31)34-18-21-41(24-30(34)25-43-33-16-17-37-38(22-33)46-27-45-37)20-6-2-1-5-19-40-23-32(42)26-44-36-11-7-9-28-8-3-4-10-35(28)36/h3-4,7-17,22,30,32,34,40,42H,1-2,5-6,18-21,23-27H2/t30-,32?,34-/m0/s1. The van der Waals surface area contributed by atoms with E-state index >= 15 is 0 Å². The first-order valence-corrected chi connectivity index (χ1v) is 16.6. The van der Waals surface area contributed by atoms with E-state index in [0.717, 1.165) is 85.6 Å². The van der Waals surface area contributed by atoms with E-state index in [9.17, 15) is 9.50 Å². The fraction of sp³-hybridized carbons (Fsp3) is 0.421. The molecule has 0 amide bonds. The molecule has 0 saturated carbocycles. The maximum absolute atomic E-state index is 13.7. The third-order valence-corrected chi connectivity index (χ3v) is 9.06. The van der Waals surface area contributed by atoms with Crippen molar-refractivity contribution in [2.75, 3.05) is 52.7 Å². The molecule has 2 aliphatic heterocycles. The minimum Gasteiger partial charge on any atom is -0.493 e. The summed E-state index contributed by atoms with van der Waals surface area (Å²) in [5.74, 6) is 3.46. The lowest BCUT2D eigenvalue weighted by Gasteiger charge is -2.39. The second-order valence-electron chi connectivity index (χ2n) is 12.4. The number of fused-ring (bicyclic) bond motifs is 2. The molecular formula is C38H45FN2O5. The molecule has 2 N–H and O–H groups in total. The number of ether oxygens (including phenoxy) is 4. The van der Waals surface area contributed by atoms with Crippen molar-refractivity contribution >= 4 is 10.8 Å². The van der Waals surface area contributed by atoms with E-state index in [1.54, 1.807) is 12.1 Å². The van der Waals surface area contributed by atoms with E-state index in [-0.39, 0.29) is 19.2 Å². The van der Waals surface area contributed by atoms with Crippen molar-refractivity contribution in [1.29, 1.82) is 0 Å². The minimum absolute atomic E-state index is 0.202. The van der Waals surface area contributed by atoms with Crippen molar-refractivity contribution < 1.29 is 28.4 Å². The summed E-state index contributed by atoms with van der Waals surface area (Å²) < 4.78 is 36.8.